The van der Waals surface area contributed by atoms with Gasteiger partial charge in [-0.25, -0.2) is 4.79 Å². The number of fused-ring (bicyclic) bond motifs is 1. The van der Waals surface area contributed by atoms with Gasteiger partial charge in [-0.15, -0.1) is 0 Å². The predicted molar refractivity (Wildman–Crippen MR) is 133 cm³/mol. The number of hydrogen-bond donors (Lipinski definition) is 1. The van der Waals surface area contributed by atoms with Gasteiger partial charge in [-0.3, -0.25) is 5.32 Å². The first kappa shape index (κ1) is 22.3. The van der Waals surface area contributed by atoms with E-state index >= 15 is 0 Å². The van der Waals surface area contributed by atoms with Crippen LogP contribution in [0.4, 0.5) is 10.5 Å². The maximum atomic E-state index is 12.3. The van der Waals surface area contributed by atoms with Crippen LogP contribution >= 0.6 is 0 Å². The van der Waals surface area contributed by atoms with Crippen LogP contribution < -0.4 is 10.1 Å². The molecule has 1 amide bonds. The summed E-state index contributed by atoms with van der Waals surface area (Å²) in [5, 5.41) is 13.9. The van der Waals surface area contributed by atoms with Crippen LogP contribution in [-0.2, 0) is 4.74 Å². The summed E-state index contributed by atoms with van der Waals surface area (Å²) in [6.45, 7) is 2.58. The molecule has 34 heavy (non-hydrogen) atoms. The average molecular weight is 458 g/mol. The van der Waals surface area contributed by atoms with Gasteiger partial charge in [0.05, 0.1) is 23.4 Å². The standard InChI is InChI=1S/C28H31N3O3/c1-2-33-23-15-16-24-25(18-29)27(31(26(24)17-23)21-7-6-8-21)19-11-13-20(14-12-19)30-28(32)34-22-9-4-3-5-10-22/h11-17,21-22H,2-10H2,1H3,(H,30,32). The minimum atomic E-state index is -0.399. The van der Waals surface area contributed by atoms with E-state index in [1.807, 2.05) is 43.3 Å². The third kappa shape index (κ3) is 4.35. The molecule has 2 saturated carbocycles. The molecule has 1 aromatic heterocycles. The van der Waals surface area contributed by atoms with Gasteiger partial charge < -0.3 is 14.0 Å². The molecule has 0 bridgehead atoms. The van der Waals surface area contributed by atoms with Crippen LogP contribution in [0, 0.1) is 11.3 Å². The summed E-state index contributed by atoms with van der Waals surface area (Å²) in [5.41, 5.74) is 4.31. The lowest BCUT2D eigenvalue weighted by Gasteiger charge is -2.30. The molecular weight excluding hydrogens is 426 g/mol. The Bertz CT molecular complexity index is 1210. The first-order chi connectivity index (χ1) is 16.7. The molecule has 176 valence electrons. The molecule has 0 spiro atoms. The van der Waals surface area contributed by atoms with Gasteiger partial charge in [-0.05, 0) is 81.7 Å². The molecule has 0 atom stereocenters. The number of nitrogens with one attached hydrogen (secondary N) is 1. The maximum absolute atomic E-state index is 12.3. The van der Waals surface area contributed by atoms with Crippen molar-refractivity contribution in [2.45, 2.75) is 70.4 Å². The lowest BCUT2D eigenvalue weighted by molar-refractivity contribution is 0.0865. The molecular formula is C28H31N3O3. The monoisotopic (exact) mass is 457 g/mol. The van der Waals surface area contributed by atoms with Crippen LogP contribution in [0.5, 0.6) is 5.75 Å². The Labute approximate surface area is 200 Å². The number of nitriles is 1. The topological polar surface area (TPSA) is 76.3 Å². The number of hydrogen-bond acceptors (Lipinski definition) is 4. The quantitative estimate of drug-likeness (QED) is 0.425. The highest BCUT2D eigenvalue weighted by molar-refractivity contribution is 5.96. The smallest absolute Gasteiger partial charge is 0.411 e. The highest BCUT2D eigenvalue weighted by atomic mass is 16.6. The first-order valence-electron chi connectivity index (χ1n) is 12.5. The van der Waals surface area contributed by atoms with Crippen molar-refractivity contribution in [2.75, 3.05) is 11.9 Å². The molecule has 2 aromatic carbocycles. The summed E-state index contributed by atoms with van der Waals surface area (Å²) in [4.78, 5) is 12.3. The van der Waals surface area contributed by atoms with Crippen molar-refractivity contribution >= 4 is 22.7 Å². The van der Waals surface area contributed by atoms with E-state index in [1.54, 1.807) is 0 Å². The lowest BCUT2D eigenvalue weighted by atomic mass is 9.92. The Hall–Kier alpha value is -3.46. The third-order valence-corrected chi connectivity index (χ3v) is 7.07. The molecule has 5 rings (SSSR count). The van der Waals surface area contributed by atoms with E-state index in [2.05, 4.69) is 22.0 Å². The minimum Gasteiger partial charge on any atom is -0.494 e. The van der Waals surface area contributed by atoms with Crippen LogP contribution in [0.2, 0.25) is 0 Å². The molecule has 3 aromatic rings. The number of anilines is 1. The average Bonchev–Trinajstić information content (AvgIpc) is 3.12. The number of carbonyl (C=O) groups excluding carboxylic acids is 1. The third-order valence-electron chi connectivity index (χ3n) is 7.07. The van der Waals surface area contributed by atoms with E-state index in [1.165, 1.54) is 12.8 Å². The summed E-state index contributed by atoms with van der Waals surface area (Å²) in [6, 6.07) is 16.5. The van der Waals surface area contributed by atoms with Crippen molar-refractivity contribution in [3.05, 3.63) is 48.0 Å². The molecule has 0 radical (unpaired) electrons. The van der Waals surface area contributed by atoms with Crippen LogP contribution in [0.1, 0.15) is 69.9 Å². The molecule has 2 aliphatic rings. The van der Waals surface area contributed by atoms with Crippen LogP contribution in [0.3, 0.4) is 0 Å². The molecule has 2 fully saturated rings. The van der Waals surface area contributed by atoms with Crippen molar-refractivity contribution in [1.82, 2.24) is 4.57 Å². The summed E-state index contributed by atoms with van der Waals surface area (Å²) in [5.74, 6) is 0.820. The Morgan fingerprint density at radius 3 is 2.47 bits per heavy atom. The van der Waals surface area contributed by atoms with Crippen molar-refractivity contribution in [1.29, 1.82) is 5.26 Å². The molecule has 0 unspecified atom stereocenters. The van der Waals surface area contributed by atoms with Crippen molar-refractivity contribution in [2.24, 2.45) is 0 Å². The second kappa shape index (κ2) is 9.80. The molecule has 1 heterocycles. The van der Waals surface area contributed by atoms with Gasteiger partial charge in [-0.1, -0.05) is 18.6 Å². The lowest BCUT2D eigenvalue weighted by Crippen LogP contribution is -2.24. The molecule has 1 N–H and O–H groups in total. The molecule has 2 aliphatic carbocycles. The first-order valence-corrected chi connectivity index (χ1v) is 12.5. The van der Waals surface area contributed by atoms with Gasteiger partial charge in [0.15, 0.2) is 0 Å². The zero-order chi connectivity index (χ0) is 23.5. The highest BCUT2D eigenvalue weighted by Crippen LogP contribution is 2.43. The molecule has 0 saturated heterocycles. The van der Waals surface area contributed by atoms with Gasteiger partial charge >= 0.3 is 6.09 Å². The minimum absolute atomic E-state index is 0.0194. The van der Waals surface area contributed by atoms with E-state index in [0.29, 0.717) is 23.9 Å². The van der Waals surface area contributed by atoms with E-state index < -0.39 is 6.09 Å². The summed E-state index contributed by atoms with van der Waals surface area (Å²) in [7, 11) is 0. The second-order valence-electron chi connectivity index (χ2n) is 9.27. The van der Waals surface area contributed by atoms with Crippen LogP contribution in [0.25, 0.3) is 22.2 Å². The fourth-order valence-electron chi connectivity index (χ4n) is 5.16. The van der Waals surface area contributed by atoms with Crippen LogP contribution in [0.15, 0.2) is 42.5 Å². The number of benzene rings is 2. The van der Waals surface area contributed by atoms with Gasteiger partial charge in [0.1, 0.15) is 17.9 Å². The molecule has 6 nitrogen and oxygen atoms in total. The van der Waals surface area contributed by atoms with Crippen molar-refractivity contribution in [3.63, 3.8) is 0 Å². The Kier molecular flexibility index (Phi) is 6.44. The predicted octanol–water partition coefficient (Wildman–Crippen LogP) is 7.18. The summed E-state index contributed by atoms with van der Waals surface area (Å²) in [6.07, 6.45) is 8.38. The van der Waals surface area contributed by atoms with Gasteiger partial charge in [0.2, 0.25) is 0 Å². The van der Waals surface area contributed by atoms with E-state index in [-0.39, 0.29) is 6.10 Å². The largest absolute Gasteiger partial charge is 0.494 e. The van der Waals surface area contributed by atoms with E-state index in [9.17, 15) is 10.1 Å². The van der Waals surface area contributed by atoms with Gasteiger partial charge in [0.25, 0.3) is 0 Å². The number of carbonyl (C=O) groups is 1. The van der Waals surface area contributed by atoms with Gasteiger partial charge in [0, 0.05) is 23.2 Å². The number of rotatable bonds is 6. The Morgan fingerprint density at radius 2 is 1.82 bits per heavy atom. The SMILES string of the molecule is CCOc1ccc2c(C#N)c(-c3ccc(NC(=O)OC4CCCCC4)cc3)n(C3CCC3)c2c1. The van der Waals surface area contributed by atoms with Gasteiger partial charge in [-0.2, -0.15) is 5.26 Å². The second-order valence-corrected chi connectivity index (χ2v) is 9.27. The van der Waals surface area contributed by atoms with E-state index in [0.717, 1.165) is 66.4 Å². The number of amides is 1. The number of ether oxygens (including phenoxy) is 2. The summed E-state index contributed by atoms with van der Waals surface area (Å²) < 4.78 is 13.6. The Balaban J connectivity index is 1.45. The number of aromatic nitrogens is 1. The fourth-order valence-corrected chi connectivity index (χ4v) is 5.16. The normalized spacial score (nSPS) is 16.6. The fraction of sp³-hybridized carbons (Fsp3) is 0.429. The van der Waals surface area contributed by atoms with E-state index in [4.69, 9.17) is 9.47 Å². The highest BCUT2D eigenvalue weighted by Gasteiger charge is 2.28. The molecule has 6 heteroatoms. The van der Waals surface area contributed by atoms with Crippen molar-refractivity contribution < 1.29 is 14.3 Å². The zero-order valence-electron chi connectivity index (χ0n) is 19.7. The zero-order valence-corrected chi connectivity index (χ0v) is 19.7. The number of nitrogens with zero attached hydrogens (tertiary/aromatic N) is 2. The summed E-state index contributed by atoms with van der Waals surface area (Å²) >= 11 is 0. The Morgan fingerprint density at radius 1 is 1.06 bits per heavy atom. The van der Waals surface area contributed by atoms with Crippen molar-refractivity contribution in [3.8, 4) is 23.1 Å². The van der Waals surface area contributed by atoms with Crippen LogP contribution in [-0.4, -0.2) is 23.4 Å². The molecule has 0 aliphatic heterocycles. The maximum Gasteiger partial charge on any atom is 0.411 e.